The molecule has 0 saturated heterocycles. The molecule has 27 heavy (non-hydrogen) atoms. The number of aromatic amines is 1. The van der Waals surface area contributed by atoms with Crippen LogP contribution in [-0.2, 0) is 9.53 Å². The summed E-state index contributed by atoms with van der Waals surface area (Å²) in [7, 11) is 0. The first kappa shape index (κ1) is 19.2. The van der Waals surface area contributed by atoms with Gasteiger partial charge in [-0.25, -0.2) is 4.98 Å². The number of rotatable bonds is 8. The van der Waals surface area contributed by atoms with Gasteiger partial charge in [-0.3, -0.25) is 9.59 Å². The van der Waals surface area contributed by atoms with Gasteiger partial charge in [0, 0.05) is 11.1 Å². The number of fused-ring (bicyclic) bond motifs is 1. The van der Waals surface area contributed by atoms with Crippen LogP contribution >= 0.6 is 11.8 Å². The highest BCUT2D eigenvalue weighted by molar-refractivity contribution is 8.00. The number of nitrogens with one attached hydrogen (secondary N) is 1. The first-order valence-electron chi connectivity index (χ1n) is 9.05. The van der Waals surface area contributed by atoms with Gasteiger partial charge in [-0.15, -0.1) is 0 Å². The number of benzene rings is 2. The van der Waals surface area contributed by atoms with Crippen LogP contribution in [0.5, 0.6) is 0 Å². The molecule has 3 aromatic rings. The average molecular weight is 382 g/mol. The smallest absolute Gasteiger partial charge is 0.319 e. The van der Waals surface area contributed by atoms with Crippen LogP contribution < -0.4 is 0 Å². The predicted molar refractivity (Wildman–Crippen MR) is 107 cm³/mol. The number of esters is 1. The summed E-state index contributed by atoms with van der Waals surface area (Å²) in [5.74, 6) is -0.249. The third kappa shape index (κ3) is 4.57. The second kappa shape index (κ2) is 8.86. The van der Waals surface area contributed by atoms with Gasteiger partial charge in [0.15, 0.2) is 10.9 Å². The number of thioether (sulfide) groups is 1. The maximum atomic E-state index is 12.6. The Bertz CT molecular complexity index is 937. The van der Waals surface area contributed by atoms with E-state index in [2.05, 4.69) is 9.97 Å². The fourth-order valence-corrected chi connectivity index (χ4v) is 3.90. The molecule has 0 spiro atoms. The summed E-state index contributed by atoms with van der Waals surface area (Å²) in [5, 5.41) is 0.363. The molecule has 0 radical (unpaired) electrons. The highest BCUT2D eigenvalue weighted by atomic mass is 32.2. The summed E-state index contributed by atoms with van der Waals surface area (Å²) < 4.78 is 5.16. The fourth-order valence-electron chi connectivity index (χ4n) is 2.80. The highest BCUT2D eigenvalue weighted by Gasteiger charge is 2.22. The third-order valence-corrected chi connectivity index (χ3v) is 5.24. The van der Waals surface area contributed by atoms with Crippen LogP contribution in [0.4, 0.5) is 0 Å². The molecule has 140 valence electrons. The van der Waals surface area contributed by atoms with E-state index in [1.807, 2.05) is 31.2 Å². The molecule has 0 aliphatic carbocycles. The second-order valence-electron chi connectivity index (χ2n) is 6.12. The van der Waals surface area contributed by atoms with Crippen molar-refractivity contribution in [1.82, 2.24) is 9.97 Å². The molecule has 0 aliphatic heterocycles. The number of aromatic nitrogens is 2. The molecule has 2 aromatic carbocycles. The van der Waals surface area contributed by atoms with Crippen molar-refractivity contribution in [3.05, 3.63) is 59.7 Å². The van der Waals surface area contributed by atoms with E-state index in [-0.39, 0.29) is 17.0 Å². The van der Waals surface area contributed by atoms with Crippen LogP contribution in [0.25, 0.3) is 11.0 Å². The van der Waals surface area contributed by atoms with Crippen LogP contribution in [0.15, 0.2) is 53.7 Å². The van der Waals surface area contributed by atoms with Crippen molar-refractivity contribution < 1.29 is 14.3 Å². The van der Waals surface area contributed by atoms with Gasteiger partial charge in [0.1, 0.15) is 5.25 Å². The van der Waals surface area contributed by atoms with Crippen molar-refractivity contribution in [2.75, 3.05) is 6.61 Å². The van der Waals surface area contributed by atoms with E-state index in [0.29, 0.717) is 22.9 Å². The van der Waals surface area contributed by atoms with Gasteiger partial charge in [0.2, 0.25) is 0 Å². The molecule has 1 N–H and O–H groups in total. The van der Waals surface area contributed by atoms with Crippen LogP contribution in [0.2, 0.25) is 0 Å². The zero-order chi connectivity index (χ0) is 19.2. The number of carbonyl (C=O) groups excluding carboxylic acids is 2. The second-order valence-corrected chi connectivity index (χ2v) is 7.31. The number of hydrogen-bond acceptors (Lipinski definition) is 5. The van der Waals surface area contributed by atoms with Gasteiger partial charge < -0.3 is 9.72 Å². The Hall–Kier alpha value is -2.60. The molecule has 1 atom stereocenters. The van der Waals surface area contributed by atoms with Gasteiger partial charge in [-0.05, 0) is 31.5 Å². The van der Waals surface area contributed by atoms with Gasteiger partial charge in [0.25, 0.3) is 0 Å². The Morgan fingerprint density at radius 3 is 2.59 bits per heavy atom. The number of ketones is 1. The zero-order valence-electron chi connectivity index (χ0n) is 15.4. The Morgan fingerprint density at radius 2 is 1.89 bits per heavy atom. The highest BCUT2D eigenvalue weighted by Crippen LogP contribution is 2.28. The topological polar surface area (TPSA) is 72.0 Å². The van der Waals surface area contributed by atoms with Gasteiger partial charge in [-0.1, -0.05) is 55.4 Å². The average Bonchev–Trinajstić information content (AvgIpc) is 3.09. The van der Waals surface area contributed by atoms with E-state index in [9.17, 15) is 9.59 Å². The normalized spacial score (nSPS) is 12.1. The number of ether oxygens (including phenoxy) is 1. The molecular weight excluding hydrogens is 360 g/mol. The van der Waals surface area contributed by atoms with Crippen LogP contribution in [0.3, 0.4) is 0 Å². The molecule has 3 rings (SSSR count). The number of imidazole rings is 1. The summed E-state index contributed by atoms with van der Waals surface area (Å²) in [6, 6.07) is 14.6. The van der Waals surface area contributed by atoms with E-state index < -0.39 is 0 Å². The standard InChI is InChI=1S/C21H22N2O3S/c1-3-8-18(20(25)26-4-2)27-21-22-16-12-11-15(13-17(16)23-21)19(24)14-9-6-5-7-10-14/h5-7,9-13,18H,3-4,8H2,1-2H3,(H,22,23). The van der Waals surface area contributed by atoms with Crippen molar-refractivity contribution >= 4 is 34.5 Å². The van der Waals surface area contributed by atoms with Crippen LogP contribution in [-0.4, -0.2) is 33.6 Å². The molecule has 0 aliphatic rings. The van der Waals surface area contributed by atoms with Crippen LogP contribution in [0.1, 0.15) is 42.6 Å². The van der Waals surface area contributed by atoms with Crippen molar-refractivity contribution in [2.45, 2.75) is 37.1 Å². The Kier molecular flexibility index (Phi) is 6.29. The molecule has 1 heterocycles. The van der Waals surface area contributed by atoms with Crippen LogP contribution in [0, 0.1) is 0 Å². The number of H-pyrrole nitrogens is 1. The summed E-state index contributed by atoms with van der Waals surface area (Å²) in [4.78, 5) is 32.5. The Morgan fingerprint density at radius 1 is 1.11 bits per heavy atom. The monoisotopic (exact) mass is 382 g/mol. The molecule has 1 unspecified atom stereocenters. The van der Waals surface area contributed by atoms with E-state index in [4.69, 9.17) is 4.74 Å². The molecule has 5 nitrogen and oxygen atoms in total. The maximum absolute atomic E-state index is 12.6. The molecule has 0 saturated carbocycles. The quantitative estimate of drug-likeness (QED) is 0.350. The summed E-state index contributed by atoms with van der Waals surface area (Å²) in [6.45, 7) is 4.20. The summed E-state index contributed by atoms with van der Waals surface area (Å²) >= 11 is 1.37. The van der Waals surface area contributed by atoms with E-state index in [0.717, 1.165) is 23.9 Å². The third-order valence-electron chi connectivity index (χ3n) is 4.11. The molecule has 6 heteroatoms. The molecule has 0 amide bonds. The van der Waals surface area contributed by atoms with Gasteiger partial charge in [0.05, 0.1) is 17.6 Å². The molecular formula is C21H22N2O3S. The van der Waals surface area contributed by atoms with Crippen molar-refractivity contribution in [3.8, 4) is 0 Å². The lowest BCUT2D eigenvalue weighted by molar-refractivity contribution is -0.142. The van der Waals surface area contributed by atoms with Crippen molar-refractivity contribution in [3.63, 3.8) is 0 Å². The van der Waals surface area contributed by atoms with E-state index >= 15 is 0 Å². The lowest BCUT2D eigenvalue weighted by Gasteiger charge is -2.12. The maximum Gasteiger partial charge on any atom is 0.319 e. The largest absolute Gasteiger partial charge is 0.465 e. The van der Waals surface area contributed by atoms with Crippen molar-refractivity contribution in [1.29, 1.82) is 0 Å². The lowest BCUT2D eigenvalue weighted by atomic mass is 10.0. The van der Waals surface area contributed by atoms with E-state index in [1.165, 1.54) is 11.8 Å². The van der Waals surface area contributed by atoms with Gasteiger partial charge in [-0.2, -0.15) is 0 Å². The molecule has 0 bridgehead atoms. The summed E-state index contributed by atoms with van der Waals surface area (Å²) in [6.07, 6.45) is 1.60. The fraction of sp³-hybridized carbons (Fsp3) is 0.286. The van der Waals surface area contributed by atoms with Gasteiger partial charge >= 0.3 is 5.97 Å². The summed E-state index contributed by atoms with van der Waals surface area (Å²) in [5.41, 5.74) is 2.79. The minimum atomic E-state index is -0.291. The Balaban J connectivity index is 1.83. The minimum Gasteiger partial charge on any atom is -0.465 e. The van der Waals surface area contributed by atoms with E-state index in [1.54, 1.807) is 31.2 Å². The Labute approximate surface area is 162 Å². The molecule has 1 aromatic heterocycles. The number of nitrogens with zero attached hydrogens (tertiary/aromatic N) is 1. The number of hydrogen-bond donors (Lipinski definition) is 1. The zero-order valence-corrected chi connectivity index (χ0v) is 16.2. The first-order chi connectivity index (χ1) is 13.1. The van der Waals surface area contributed by atoms with Crippen molar-refractivity contribution in [2.24, 2.45) is 0 Å². The number of carbonyl (C=O) groups is 2. The molecule has 0 fully saturated rings. The minimum absolute atomic E-state index is 0.0308. The first-order valence-corrected chi connectivity index (χ1v) is 9.93. The SMILES string of the molecule is CCCC(Sc1nc2ccc(C(=O)c3ccccc3)cc2[nH]1)C(=O)OCC. The predicted octanol–water partition coefficient (Wildman–Crippen LogP) is 4.62. The lowest BCUT2D eigenvalue weighted by Crippen LogP contribution is -2.20.